The van der Waals surface area contributed by atoms with E-state index in [1.54, 1.807) is 18.2 Å². The van der Waals surface area contributed by atoms with E-state index in [-0.39, 0.29) is 10.6 Å². The fourth-order valence-corrected chi connectivity index (χ4v) is 4.82. The number of nitrogens with zero attached hydrogens (tertiary/aromatic N) is 2. The van der Waals surface area contributed by atoms with Gasteiger partial charge in [0.05, 0.1) is 5.69 Å². The average Bonchev–Trinajstić information content (AvgIpc) is 2.62. The molecule has 1 fully saturated rings. The maximum atomic E-state index is 13.1. The zero-order valence-corrected chi connectivity index (χ0v) is 15.9. The third kappa shape index (κ3) is 4.16. The number of piperazine rings is 1. The van der Waals surface area contributed by atoms with Crippen molar-refractivity contribution in [1.29, 1.82) is 0 Å². The van der Waals surface area contributed by atoms with Crippen LogP contribution in [0.1, 0.15) is 0 Å². The summed E-state index contributed by atoms with van der Waals surface area (Å²) in [6.07, 6.45) is 0. The van der Waals surface area contributed by atoms with Crippen molar-refractivity contribution in [3.63, 3.8) is 0 Å². The number of benzene rings is 2. The molecule has 1 saturated heterocycles. The van der Waals surface area contributed by atoms with Gasteiger partial charge in [0.15, 0.2) is 0 Å². The highest BCUT2D eigenvalue weighted by Crippen LogP contribution is 2.33. The molecular weight excluding hydrogens is 399 g/mol. The van der Waals surface area contributed by atoms with Crippen molar-refractivity contribution in [3.8, 4) is 0 Å². The van der Waals surface area contributed by atoms with Gasteiger partial charge in [-0.15, -0.1) is 4.91 Å². The number of sulfonamides is 1. The van der Waals surface area contributed by atoms with Crippen molar-refractivity contribution in [2.45, 2.75) is 4.90 Å². The molecule has 2 N–H and O–H groups in total. The molecule has 0 saturated carbocycles. The van der Waals surface area contributed by atoms with E-state index < -0.39 is 10.0 Å². The number of anilines is 2. The van der Waals surface area contributed by atoms with E-state index in [9.17, 15) is 13.3 Å². The lowest BCUT2D eigenvalue weighted by atomic mass is 10.2. The zero-order chi connectivity index (χ0) is 18.7. The molecule has 1 heterocycles. The summed E-state index contributed by atoms with van der Waals surface area (Å²) in [5.41, 5.74) is 0.883. The molecule has 0 aromatic heterocycles. The van der Waals surface area contributed by atoms with Crippen LogP contribution in [0.15, 0.2) is 46.5 Å². The van der Waals surface area contributed by atoms with Crippen LogP contribution in [0.25, 0.3) is 0 Å². The summed E-state index contributed by atoms with van der Waals surface area (Å²) < 4.78 is 27.5. The monoisotopic (exact) mass is 414 g/mol. The predicted molar refractivity (Wildman–Crippen MR) is 103 cm³/mol. The van der Waals surface area contributed by atoms with Crippen LogP contribution in [0.3, 0.4) is 0 Å². The second-order valence-electron chi connectivity index (χ2n) is 5.71. The van der Waals surface area contributed by atoms with Crippen LogP contribution in [-0.2, 0) is 10.0 Å². The summed E-state index contributed by atoms with van der Waals surface area (Å²) in [4.78, 5) is 10.9. The molecule has 2 aromatic carbocycles. The molecular formula is C16H16Cl2N4O3S. The van der Waals surface area contributed by atoms with Gasteiger partial charge < -0.3 is 10.6 Å². The van der Waals surface area contributed by atoms with E-state index in [0.29, 0.717) is 47.6 Å². The van der Waals surface area contributed by atoms with Gasteiger partial charge in [-0.25, -0.2) is 8.42 Å². The van der Waals surface area contributed by atoms with Crippen molar-refractivity contribution >= 4 is 50.3 Å². The van der Waals surface area contributed by atoms with Gasteiger partial charge in [-0.1, -0.05) is 23.2 Å². The number of nitrogens with one attached hydrogen (secondary N) is 2. The van der Waals surface area contributed by atoms with E-state index in [1.807, 2.05) is 0 Å². The highest BCUT2D eigenvalue weighted by Gasteiger charge is 2.28. The van der Waals surface area contributed by atoms with Gasteiger partial charge in [0, 0.05) is 41.9 Å². The minimum atomic E-state index is -3.80. The first kappa shape index (κ1) is 19.1. The van der Waals surface area contributed by atoms with Crippen molar-refractivity contribution in [3.05, 3.63) is 51.4 Å². The first-order valence-corrected chi connectivity index (χ1v) is 10.0. The Morgan fingerprint density at radius 1 is 1.04 bits per heavy atom. The lowest BCUT2D eigenvalue weighted by Crippen LogP contribution is -2.46. The van der Waals surface area contributed by atoms with Gasteiger partial charge in [-0.2, -0.15) is 4.31 Å². The Morgan fingerprint density at radius 3 is 2.31 bits per heavy atom. The van der Waals surface area contributed by atoms with Gasteiger partial charge in [0.1, 0.15) is 10.6 Å². The van der Waals surface area contributed by atoms with Crippen molar-refractivity contribution in [1.82, 2.24) is 9.62 Å². The van der Waals surface area contributed by atoms with Crippen LogP contribution in [0.2, 0.25) is 10.0 Å². The SMILES string of the molecule is O=Nc1ccc(Nc2cc(Cl)cc(Cl)c2)c(S(=O)(=O)N2CCNCC2)c1. The number of hydrogen-bond donors (Lipinski definition) is 2. The Labute approximate surface area is 161 Å². The van der Waals surface area contributed by atoms with Gasteiger partial charge in [-0.3, -0.25) is 0 Å². The van der Waals surface area contributed by atoms with Crippen molar-refractivity contribution in [2.75, 3.05) is 31.5 Å². The van der Waals surface area contributed by atoms with Crippen LogP contribution in [0.5, 0.6) is 0 Å². The van der Waals surface area contributed by atoms with Crippen molar-refractivity contribution in [2.24, 2.45) is 5.18 Å². The number of rotatable bonds is 5. The molecule has 7 nitrogen and oxygen atoms in total. The van der Waals surface area contributed by atoms with E-state index >= 15 is 0 Å². The molecule has 26 heavy (non-hydrogen) atoms. The molecule has 0 bridgehead atoms. The fraction of sp³-hybridized carbons (Fsp3) is 0.250. The Balaban J connectivity index is 2.04. The van der Waals surface area contributed by atoms with Gasteiger partial charge in [-0.05, 0) is 41.6 Å². The van der Waals surface area contributed by atoms with Gasteiger partial charge in [0.25, 0.3) is 0 Å². The minimum absolute atomic E-state index is 0.0207. The lowest BCUT2D eigenvalue weighted by molar-refractivity contribution is 0.360. The quantitative estimate of drug-likeness (QED) is 0.727. The smallest absolute Gasteiger partial charge is 0.245 e. The first-order chi connectivity index (χ1) is 12.4. The second-order valence-corrected chi connectivity index (χ2v) is 8.49. The first-order valence-electron chi connectivity index (χ1n) is 7.81. The molecule has 10 heteroatoms. The summed E-state index contributed by atoms with van der Waals surface area (Å²) in [7, 11) is -3.80. The van der Waals surface area contributed by atoms with Crippen LogP contribution in [0, 0.1) is 4.91 Å². The third-order valence-electron chi connectivity index (χ3n) is 3.91. The highest BCUT2D eigenvalue weighted by molar-refractivity contribution is 7.89. The van der Waals surface area contributed by atoms with Crippen LogP contribution in [0.4, 0.5) is 17.1 Å². The van der Waals surface area contributed by atoms with Gasteiger partial charge >= 0.3 is 0 Å². The molecule has 0 amide bonds. The summed E-state index contributed by atoms with van der Waals surface area (Å²) in [5, 5.41) is 9.80. The molecule has 0 spiro atoms. The summed E-state index contributed by atoms with van der Waals surface area (Å²) >= 11 is 12.0. The second kappa shape index (κ2) is 7.89. The third-order valence-corrected chi connectivity index (χ3v) is 6.28. The number of nitroso groups, excluding NO2 is 1. The van der Waals surface area contributed by atoms with Crippen LogP contribution < -0.4 is 10.6 Å². The molecule has 3 rings (SSSR count). The Kier molecular flexibility index (Phi) is 5.79. The van der Waals surface area contributed by atoms with E-state index in [2.05, 4.69) is 15.8 Å². The Hall–Kier alpha value is -1.71. The average molecular weight is 415 g/mol. The lowest BCUT2D eigenvalue weighted by Gasteiger charge is -2.27. The summed E-state index contributed by atoms with van der Waals surface area (Å²) in [5.74, 6) is 0. The maximum absolute atomic E-state index is 13.1. The van der Waals surface area contributed by atoms with Crippen LogP contribution >= 0.6 is 23.2 Å². The molecule has 1 aliphatic rings. The minimum Gasteiger partial charge on any atom is -0.354 e. The molecule has 0 radical (unpaired) electrons. The molecule has 1 aliphatic heterocycles. The normalized spacial score (nSPS) is 15.6. The van der Waals surface area contributed by atoms with Gasteiger partial charge in [0.2, 0.25) is 10.0 Å². The molecule has 0 aliphatic carbocycles. The molecule has 138 valence electrons. The van der Waals surface area contributed by atoms with E-state index in [1.165, 1.54) is 22.5 Å². The Bertz CT molecular complexity index is 911. The fourth-order valence-electron chi connectivity index (χ4n) is 2.69. The number of halogens is 2. The Morgan fingerprint density at radius 2 is 1.69 bits per heavy atom. The van der Waals surface area contributed by atoms with E-state index in [4.69, 9.17) is 23.2 Å². The van der Waals surface area contributed by atoms with Crippen molar-refractivity contribution < 1.29 is 8.42 Å². The molecule has 0 unspecified atom stereocenters. The summed E-state index contributed by atoms with van der Waals surface area (Å²) in [6, 6.07) is 9.03. The maximum Gasteiger partial charge on any atom is 0.245 e. The number of hydrogen-bond acceptors (Lipinski definition) is 6. The standard InChI is InChI=1S/C16H16Cl2N4O3S/c17-11-7-12(18)9-14(8-11)20-15-2-1-13(21-23)10-16(15)26(24,25)22-5-3-19-4-6-22/h1-2,7-10,19-20H,3-6H2. The summed E-state index contributed by atoms with van der Waals surface area (Å²) in [6.45, 7) is 1.84. The zero-order valence-electron chi connectivity index (χ0n) is 13.6. The molecule has 0 atom stereocenters. The van der Waals surface area contributed by atoms with E-state index in [0.717, 1.165) is 0 Å². The largest absolute Gasteiger partial charge is 0.354 e. The highest BCUT2D eigenvalue weighted by atomic mass is 35.5. The topological polar surface area (TPSA) is 90.9 Å². The van der Waals surface area contributed by atoms with Crippen LogP contribution in [-0.4, -0.2) is 38.9 Å². The molecule has 2 aromatic rings. The predicted octanol–water partition coefficient (Wildman–Crippen LogP) is 3.73.